The highest BCUT2D eigenvalue weighted by Crippen LogP contribution is 2.23. The molecule has 0 atom stereocenters. The zero-order valence-corrected chi connectivity index (χ0v) is 23.3. The van der Waals surface area contributed by atoms with Crippen molar-refractivity contribution in [1.29, 1.82) is 0 Å². The van der Waals surface area contributed by atoms with Crippen LogP contribution in [0, 0.1) is 0 Å². The number of carbonyl (C=O) groups excluding carboxylic acids is 1. The molecule has 1 aromatic carbocycles. The first-order valence-corrected chi connectivity index (χ1v) is 13.2. The van der Waals surface area contributed by atoms with Crippen molar-refractivity contribution in [1.82, 2.24) is 14.0 Å². The number of ether oxygens (including phenoxy) is 2. The maximum atomic E-state index is 13.1. The Labute approximate surface area is 219 Å². The lowest BCUT2D eigenvalue weighted by Gasteiger charge is -2.38. The number of aromatic nitrogens is 2. The number of hydrogen-bond donors (Lipinski definition) is 0. The van der Waals surface area contributed by atoms with E-state index >= 15 is 0 Å². The topological polar surface area (TPSA) is 86.0 Å². The second-order valence-corrected chi connectivity index (χ2v) is 10.7. The van der Waals surface area contributed by atoms with Crippen LogP contribution in [0.1, 0.15) is 77.3 Å². The van der Waals surface area contributed by atoms with Gasteiger partial charge in [-0.1, -0.05) is 0 Å². The molecule has 0 radical (unpaired) electrons. The summed E-state index contributed by atoms with van der Waals surface area (Å²) in [7, 11) is 0. The van der Waals surface area contributed by atoms with Gasteiger partial charge in [0.2, 0.25) is 0 Å². The summed E-state index contributed by atoms with van der Waals surface area (Å²) in [4.78, 5) is 42.2. The quantitative estimate of drug-likeness (QED) is 0.447. The fourth-order valence-corrected chi connectivity index (χ4v) is 4.63. The molecule has 9 nitrogen and oxygen atoms in total. The first-order chi connectivity index (χ1) is 17.4. The number of rotatable bonds is 10. The van der Waals surface area contributed by atoms with Gasteiger partial charge in [-0.3, -0.25) is 18.8 Å². The van der Waals surface area contributed by atoms with Crippen molar-refractivity contribution >= 4 is 11.8 Å². The van der Waals surface area contributed by atoms with Gasteiger partial charge >= 0.3 is 11.7 Å². The Kier molecular flexibility index (Phi) is 9.23. The van der Waals surface area contributed by atoms with E-state index in [0.29, 0.717) is 23.7 Å². The minimum absolute atomic E-state index is 0.0459. The molecular weight excluding hydrogens is 472 g/mol. The second-order valence-electron chi connectivity index (χ2n) is 10.7. The van der Waals surface area contributed by atoms with Crippen LogP contribution in [0.5, 0.6) is 5.75 Å². The fraction of sp³-hybridized carbons (Fsp3) is 0.607. The monoisotopic (exact) mass is 514 g/mol. The van der Waals surface area contributed by atoms with E-state index < -0.39 is 0 Å². The predicted octanol–water partition coefficient (Wildman–Crippen LogP) is 3.72. The minimum atomic E-state index is -0.387. The highest BCUT2D eigenvalue weighted by atomic mass is 16.5. The zero-order valence-electron chi connectivity index (χ0n) is 23.3. The molecule has 9 heteroatoms. The van der Waals surface area contributed by atoms with E-state index in [1.165, 1.54) is 4.57 Å². The second kappa shape index (κ2) is 12.0. The van der Waals surface area contributed by atoms with E-state index in [1.54, 1.807) is 41.8 Å². The third kappa shape index (κ3) is 7.03. The Hall–Kier alpha value is -3.07. The average Bonchev–Trinajstić information content (AvgIpc) is 2.82. The Morgan fingerprint density at radius 2 is 1.54 bits per heavy atom. The number of piperazine rings is 1. The summed E-state index contributed by atoms with van der Waals surface area (Å²) in [5.41, 5.74) is -0.371. The van der Waals surface area contributed by atoms with Gasteiger partial charge in [0.25, 0.3) is 5.56 Å². The summed E-state index contributed by atoms with van der Waals surface area (Å²) < 4.78 is 14.3. The maximum absolute atomic E-state index is 13.1. The molecule has 0 spiro atoms. The number of carbonyl (C=O) groups is 1. The van der Waals surface area contributed by atoms with Crippen LogP contribution in [0.15, 0.2) is 39.9 Å². The first-order valence-electron chi connectivity index (χ1n) is 13.2. The summed E-state index contributed by atoms with van der Waals surface area (Å²) in [6.45, 7) is 18.0. The van der Waals surface area contributed by atoms with E-state index in [2.05, 4.69) is 23.6 Å². The van der Waals surface area contributed by atoms with Crippen molar-refractivity contribution in [2.75, 3.05) is 44.2 Å². The molecule has 1 saturated heterocycles. The van der Waals surface area contributed by atoms with E-state index in [1.807, 2.05) is 27.7 Å². The lowest BCUT2D eigenvalue weighted by molar-refractivity contribution is 0.0526. The average molecular weight is 515 g/mol. The molecule has 2 heterocycles. The van der Waals surface area contributed by atoms with Crippen LogP contribution in [0.2, 0.25) is 0 Å². The molecule has 1 aliphatic heterocycles. The van der Waals surface area contributed by atoms with Crippen LogP contribution in [-0.4, -0.2) is 64.9 Å². The highest BCUT2D eigenvalue weighted by molar-refractivity contribution is 5.89. The lowest BCUT2D eigenvalue weighted by Crippen LogP contribution is -2.51. The van der Waals surface area contributed by atoms with Crippen molar-refractivity contribution in [3.63, 3.8) is 0 Å². The van der Waals surface area contributed by atoms with Crippen LogP contribution < -0.4 is 20.9 Å². The van der Waals surface area contributed by atoms with E-state index in [0.717, 1.165) is 39.1 Å². The molecule has 1 fully saturated rings. The smallest absolute Gasteiger partial charge is 0.338 e. The molecular formula is C28H42N4O5. The number of nitrogens with zero attached hydrogens (tertiary/aromatic N) is 4. The van der Waals surface area contributed by atoms with Gasteiger partial charge in [0.15, 0.2) is 0 Å². The van der Waals surface area contributed by atoms with Crippen molar-refractivity contribution in [2.45, 2.75) is 72.6 Å². The van der Waals surface area contributed by atoms with Gasteiger partial charge in [-0.2, -0.15) is 0 Å². The molecule has 0 saturated carbocycles. The van der Waals surface area contributed by atoms with Gasteiger partial charge in [-0.05, 0) is 79.2 Å². The number of anilines is 1. The van der Waals surface area contributed by atoms with E-state index in [4.69, 9.17) is 9.47 Å². The van der Waals surface area contributed by atoms with Crippen molar-refractivity contribution in [3.05, 3.63) is 56.7 Å². The largest absolute Gasteiger partial charge is 0.488 e. The van der Waals surface area contributed by atoms with E-state index in [9.17, 15) is 14.4 Å². The first kappa shape index (κ1) is 28.5. The zero-order chi connectivity index (χ0) is 27.3. The molecule has 0 aliphatic carbocycles. The Balaban J connectivity index is 1.59. The van der Waals surface area contributed by atoms with Crippen molar-refractivity contribution in [3.8, 4) is 5.75 Å². The van der Waals surface area contributed by atoms with Crippen LogP contribution in [0.4, 0.5) is 5.82 Å². The standard InChI is InChI=1S/C28H42N4O5/c1-8-36-26(34)22-9-11-23(12-10-22)37-28(6,7)13-14-29-15-17-30(18-16-29)24-19-25(33)32(21(4)5)27(35)31(24)20(2)3/h9-12,19-21H,8,13-18H2,1-7H3. The van der Waals surface area contributed by atoms with Gasteiger partial charge in [0.05, 0.1) is 12.2 Å². The molecule has 1 aliphatic rings. The van der Waals surface area contributed by atoms with Crippen LogP contribution in [0.3, 0.4) is 0 Å². The van der Waals surface area contributed by atoms with Crippen LogP contribution in [0.25, 0.3) is 0 Å². The highest BCUT2D eigenvalue weighted by Gasteiger charge is 2.26. The normalized spacial score (nSPS) is 14.9. The fourth-order valence-electron chi connectivity index (χ4n) is 4.63. The number of hydrogen-bond acceptors (Lipinski definition) is 7. The molecule has 1 aromatic heterocycles. The summed E-state index contributed by atoms with van der Waals surface area (Å²) in [6, 6.07) is 8.42. The van der Waals surface area contributed by atoms with Crippen LogP contribution in [-0.2, 0) is 4.74 Å². The Morgan fingerprint density at radius 1 is 0.946 bits per heavy atom. The van der Waals surface area contributed by atoms with Gasteiger partial charge in [-0.15, -0.1) is 0 Å². The third-order valence-electron chi connectivity index (χ3n) is 6.67. The van der Waals surface area contributed by atoms with E-state index in [-0.39, 0.29) is 34.9 Å². The molecule has 204 valence electrons. The van der Waals surface area contributed by atoms with Crippen LogP contribution >= 0.6 is 0 Å². The molecule has 0 unspecified atom stereocenters. The molecule has 2 aromatic rings. The number of esters is 1. The van der Waals surface area contributed by atoms with Gasteiger partial charge in [0.1, 0.15) is 17.2 Å². The summed E-state index contributed by atoms with van der Waals surface area (Å²) in [5.74, 6) is 1.08. The predicted molar refractivity (Wildman–Crippen MR) is 146 cm³/mol. The summed E-state index contributed by atoms with van der Waals surface area (Å²) in [6.07, 6.45) is 0.827. The Morgan fingerprint density at radius 3 is 2.08 bits per heavy atom. The molecule has 37 heavy (non-hydrogen) atoms. The third-order valence-corrected chi connectivity index (χ3v) is 6.67. The van der Waals surface area contributed by atoms with Crippen molar-refractivity contribution < 1.29 is 14.3 Å². The maximum Gasteiger partial charge on any atom is 0.338 e. The van der Waals surface area contributed by atoms with Crippen molar-refractivity contribution in [2.24, 2.45) is 0 Å². The lowest BCUT2D eigenvalue weighted by atomic mass is 10.0. The molecule has 0 amide bonds. The number of benzene rings is 1. The minimum Gasteiger partial charge on any atom is -0.488 e. The SMILES string of the molecule is CCOC(=O)c1ccc(OC(C)(C)CCN2CCN(c3cc(=O)n(C(C)C)c(=O)n3C(C)C)CC2)cc1. The molecule has 0 N–H and O–H groups in total. The molecule has 0 bridgehead atoms. The van der Waals surface area contributed by atoms with Gasteiger partial charge < -0.3 is 14.4 Å². The summed E-state index contributed by atoms with van der Waals surface area (Å²) >= 11 is 0. The summed E-state index contributed by atoms with van der Waals surface area (Å²) in [5, 5.41) is 0. The van der Waals surface area contributed by atoms with Gasteiger partial charge in [-0.25, -0.2) is 9.59 Å². The Bertz CT molecular complexity index is 1170. The van der Waals surface area contributed by atoms with Gasteiger partial charge in [0, 0.05) is 50.9 Å². The molecule has 3 rings (SSSR count).